The lowest BCUT2D eigenvalue weighted by molar-refractivity contribution is -0.576. The zero-order chi connectivity index (χ0) is 22.5. The van der Waals surface area contributed by atoms with Crippen LogP contribution in [0.3, 0.4) is 0 Å². The summed E-state index contributed by atoms with van der Waals surface area (Å²) < 4.78 is 23.5. The Morgan fingerprint density at radius 3 is 2.62 bits per heavy atom. The predicted molar refractivity (Wildman–Crippen MR) is 115 cm³/mol. The van der Waals surface area contributed by atoms with Crippen LogP contribution in [0.4, 0.5) is 0 Å². The summed E-state index contributed by atoms with van der Waals surface area (Å²) in [7, 11) is 1.62. The average Bonchev–Trinajstić information content (AvgIpc) is 3.02. The molecule has 4 heterocycles. The number of hydrogen-bond donors (Lipinski definition) is 0. The van der Waals surface area contributed by atoms with E-state index in [1.165, 1.54) is 6.08 Å². The number of methoxy groups -OCH3 is 1. The van der Waals surface area contributed by atoms with Gasteiger partial charge in [-0.1, -0.05) is 26.0 Å². The highest BCUT2D eigenvalue weighted by Gasteiger charge is 2.69. The first-order chi connectivity index (χ1) is 15.3. The minimum Gasteiger partial charge on any atom is -0.497 e. The van der Waals surface area contributed by atoms with Gasteiger partial charge in [-0.3, -0.25) is 0 Å². The number of benzene rings is 1. The Labute approximate surface area is 188 Å². The van der Waals surface area contributed by atoms with Gasteiger partial charge in [0.1, 0.15) is 5.75 Å². The van der Waals surface area contributed by atoms with Crippen molar-refractivity contribution >= 4 is 12.0 Å². The summed E-state index contributed by atoms with van der Waals surface area (Å²) in [5.41, 5.74) is 0.223. The predicted octanol–water partition coefficient (Wildman–Crippen LogP) is 4.46. The molecule has 0 unspecified atom stereocenters. The largest absolute Gasteiger partial charge is 0.497 e. The van der Waals surface area contributed by atoms with Gasteiger partial charge >= 0.3 is 5.97 Å². The van der Waals surface area contributed by atoms with Crippen molar-refractivity contribution in [3.8, 4) is 5.75 Å². The summed E-state index contributed by atoms with van der Waals surface area (Å²) >= 11 is 0. The second-order valence-electron chi connectivity index (χ2n) is 9.82. The van der Waals surface area contributed by atoms with Crippen molar-refractivity contribution in [3.63, 3.8) is 0 Å². The number of carbonyl (C=O) groups excluding carboxylic acids is 1. The Kier molecular flexibility index (Phi) is 5.56. The van der Waals surface area contributed by atoms with E-state index in [9.17, 15) is 4.79 Å². The van der Waals surface area contributed by atoms with E-state index in [4.69, 9.17) is 28.7 Å². The molecule has 1 aromatic carbocycles. The third-order valence-electron chi connectivity index (χ3n) is 7.86. The van der Waals surface area contributed by atoms with Gasteiger partial charge in [-0.2, -0.15) is 0 Å². The molecule has 7 heteroatoms. The lowest BCUT2D eigenvalue weighted by Crippen LogP contribution is -2.70. The minimum atomic E-state index is -0.846. The molecule has 1 aliphatic carbocycles. The van der Waals surface area contributed by atoms with Crippen LogP contribution in [0.15, 0.2) is 30.3 Å². The summed E-state index contributed by atoms with van der Waals surface area (Å²) in [6, 6.07) is 7.45. The first-order valence-corrected chi connectivity index (χ1v) is 11.6. The first kappa shape index (κ1) is 21.9. The molecule has 4 saturated heterocycles. The maximum absolute atomic E-state index is 12.6. The van der Waals surface area contributed by atoms with Crippen LogP contribution in [0.2, 0.25) is 0 Å². The molecule has 5 aliphatic rings. The number of esters is 1. The van der Waals surface area contributed by atoms with Crippen LogP contribution in [0, 0.1) is 23.7 Å². The maximum Gasteiger partial charge on any atom is 0.333 e. The summed E-state index contributed by atoms with van der Waals surface area (Å²) in [6.45, 7) is 6.23. The van der Waals surface area contributed by atoms with Crippen LogP contribution in [-0.2, 0) is 28.8 Å². The second kappa shape index (κ2) is 8.13. The molecular weight excluding hydrogens is 412 g/mol. The molecule has 5 fully saturated rings. The molecule has 4 aliphatic heterocycles. The quantitative estimate of drug-likeness (QED) is 0.386. The number of carbonyl (C=O) groups is 1. The minimum absolute atomic E-state index is 0.0470. The van der Waals surface area contributed by atoms with Crippen LogP contribution in [0.25, 0.3) is 6.08 Å². The van der Waals surface area contributed by atoms with Crippen molar-refractivity contribution in [3.05, 3.63) is 35.9 Å². The van der Waals surface area contributed by atoms with Crippen molar-refractivity contribution in [2.45, 2.75) is 70.4 Å². The van der Waals surface area contributed by atoms with Gasteiger partial charge in [-0.25, -0.2) is 14.6 Å². The Hall–Kier alpha value is -1.93. The molecule has 0 aromatic heterocycles. The van der Waals surface area contributed by atoms with E-state index in [-0.39, 0.29) is 17.8 Å². The van der Waals surface area contributed by atoms with Crippen LogP contribution in [0.1, 0.15) is 52.0 Å². The van der Waals surface area contributed by atoms with Crippen LogP contribution in [0.5, 0.6) is 5.75 Å². The van der Waals surface area contributed by atoms with E-state index in [0.29, 0.717) is 5.92 Å². The van der Waals surface area contributed by atoms with E-state index in [1.807, 2.05) is 31.2 Å². The summed E-state index contributed by atoms with van der Waals surface area (Å²) in [5.74, 6) is 0.314. The molecule has 8 atom stereocenters. The highest BCUT2D eigenvalue weighted by molar-refractivity contribution is 5.87. The molecule has 32 heavy (non-hydrogen) atoms. The van der Waals surface area contributed by atoms with Gasteiger partial charge in [-0.15, -0.1) is 0 Å². The fraction of sp³-hybridized carbons (Fsp3) is 0.640. The summed E-state index contributed by atoms with van der Waals surface area (Å²) in [6.07, 6.45) is 5.59. The topological polar surface area (TPSA) is 72.5 Å². The smallest absolute Gasteiger partial charge is 0.333 e. The Morgan fingerprint density at radius 2 is 1.88 bits per heavy atom. The molecule has 0 amide bonds. The van der Waals surface area contributed by atoms with Gasteiger partial charge in [0.25, 0.3) is 0 Å². The SMILES string of the molecule is COc1ccc(/C=C/C(=O)O[C@@H]2O[C@@H]3O[C@@]4(C)CC[C@@H]5[C@H](C)CC[C@@H]([C@@H]2C)[C@@]35OO4)cc1. The van der Waals surface area contributed by atoms with E-state index in [1.54, 1.807) is 13.2 Å². The normalized spacial score (nSPS) is 42.9. The number of ether oxygens (including phenoxy) is 4. The van der Waals surface area contributed by atoms with Gasteiger partial charge in [0.2, 0.25) is 12.1 Å². The van der Waals surface area contributed by atoms with Crippen molar-refractivity contribution in [2.75, 3.05) is 7.11 Å². The van der Waals surface area contributed by atoms with Gasteiger partial charge in [0, 0.05) is 24.3 Å². The van der Waals surface area contributed by atoms with Gasteiger partial charge in [0.15, 0.2) is 11.9 Å². The van der Waals surface area contributed by atoms with Crippen molar-refractivity contribution < 1.29 is 33.5 Å². The fourth-order valence-electron chi connectivity index (χ4n) is 6.04. The molecule has 0 N–H and O–H groups in total. The number of fused-ring (bicyclic) bond motifs is 2. The lowest BCUT2D eigenvalue weighted by atomic mass is 9.58. The highest BCUT2D eigenvalue weighted by atomic mass is 17.3. The number of hydrogen-bond acceptors (Lipinski definition) is 7. The van der Waals surface area contributed by atoms with Crippen molar-refractivity contribution in [2.24, 2.45) is 23.7 Å². The standard InChI is InChI=1S/C25H32O7/c1-15-5-11-20-16(2)22(28-21(26)12-8-17-6-9-18(27-4)10-7-17)29-23-25(20)19(15)13-14-24(3,30-23)31-32-25/h6-10,12,15-16,19-20,22-23H,5,11,13-14H2,1-4H3/b12-8+/t15-,16+,19-,20+,22-,23-,24-,25-/m1/s1. The van der Waals surface area contributed by atoms with Crippen LogP contribution >= 0.6 is 0 Å². The Balaban J connectivity index is 1.33. The van der Waals surface area contributed by atoms with E-state index in [0.717, 1.165) is 37.0 Å². The molecular formula is C25H32O7. The molecule has 2 bridgehead atoms. The molecule has 0 radical (unpaired) electrons. The third kappa shape index (κ3) is 3.55. The highest BCUT2D eigenvalue weighted by Crippen LogP contribution is 2.60. The van der Waals surface area contributed by atoms with Crippen LogP contribution < -0.4 is 4.74 Å². The lowest BCUT2D eigenvalue weighted by Gasteiger charge is -2.59. The monoisotopic (exact) mass is 444 g/mol. The second-order valence-corrected chi connectivity index (χ2v) is 9.82. The first-order valence-electron chi connectivity index (χ1n) is 11.6. The Bertz CT molecular complexity index is 883. The van der Waals surface area contributed by atoms with Crippen molar-refractivity contribution in [1.29, 1.82) is 0 Å². The molecule has 1 aromatic rings. The molecule has 7 nitrogen and oxygen atoms in total. The fourth-order valence-corrected chi connectivity index (χ4v) is 6.04. The zero-order valence-corrected chi connectivity index (χ0v) is 19.1. The third-order valence-corrected chi connectivity index (χ3v) is 7.86. The van der Waals surface area contributed by atoms with Crippen molar-refractivity contribution in [1.82, 2.24) is 0 Å². The van der Waals surface area contributed by atoms with Gasteiger partial charge in [-0.05, 0) is 61.8 Å². The number of rotatable bonds is 4. The van der Waals surface area contributed by atoms with Gasteiger partial charge < -0.3 is 18.9 Å². The Morgan fingerprint density at radius 1 is 1.09 bits per heavy atom. The summed E-state index contributed by atoms with van der Waals surface area (Å²) in [5, 5.41) is 0. The van der Waals surface area contributed by atoms with E-state index >= 15 is 0 Å². The van der Waals surface area contributed by atoms with Gasteiger partial charge in [0.05, 0.1) is 7.11 Å². The van der Waals surface area contributed by atoms with E-state index < -0.39 is 29.9 Å². The molecule has 6 rings (SSSR count). The van der Waals surface area contributed by atoms with E-state index in [2.05, 4.69) is 13.8 Å². The zero-order valence-electron chi connectivity index (χ0n) is 19.1. The summed E-state index contributed by atoms with van der Waals surface area (Å²) in [4.78, 5) is 24.6. The van der Waals surface area contributed by atoms with Crippen LogP contribution in [-0.4, -0.2) is 37.0 Å². The molecule has 174 valence electrons. The molecule has 1 saturated carbocycles. The molecule has 1 spiro atoms. The maximum atomic E-state index is 12.6. The average molecular weight is 445 g/mol.